The van der Waals surface area contributed by atoms with Crippen LogP contribution in [0.25, 0.3) is 0 Å². The maximum absolute atomic E-state index is 12.2. The van der Waals surface area contributed by atoms with Crippen LogP contribution in [0.5, 0.6) is 5.75 Å². The van der Waals surface area contributed by atoms with E-state index in [0.29, 0.717) is 20.9 Å². The molecule has 0 radical (unpaired) electrons. The van der Waals surface area contributed by atoms with Crippen LogP contribution in [-0.2, 0) is 4.79 Å². The Labute approximate surface area is 152 Å². The number of benzene rings is 2. The van der Waals surface area contributed by atoms with Gasteiger partial charge in [-0.3, -0.25) is 14.9 Å². The lowest BCUT2D eigenvalue weighted by atomic mass is 10.2. The Balaban J connectivity index is 2.06. The molecule has 0 spiro atoms. The van der Waals surface area contributed by atoms with Crippen molar-refractivity contribution in [2.75, 3.05) is 5.32 Å². The number of hydrogen-bond acceptors (Lipinski definition) is 4. The standard InChI is InChI=1S/C16H14BrClN2O4/c1-9-7-12(4-5-14(9)18)24-10(2)16(21)19-15-6-3-11(20(22)23)8-13(15)17/h3-8,10H,1-2H3,(H,19,21). The van der Waals surface area contributed by atoms with Crippen LogP contribution in [0.1, 0.15) is 12.5 Å². The van der Waals surface area contributed by atoms with E-state index >= 15 is 0 Å². The number of carbonyl (C=O) groups excluding carboxylic acids is 1. The predicted octanol–water partition coefficient (Wildman–Crippen LogP) is 4.73. The topological polar surface area (TPSA) is 81.5 Å². The van der Waals surface area contributed by atoms with Gasteiger partial charge in [0.2, 0.25) is 0 Å². The number of nitro benzene ring substituents is 1. The van der Waals surface area contributed by atoms with Crippen LogP contribution >= 0.6 is 27.5 Å². The van der Waals surface area contributed by atoms with Crippen LogP contribution in [-0.4, -0.2) is 16.9 Å². The summed E-state index contributed by atoms with van der Waals surface area (Å²) in [5, 5.41) is 14.0. The summed E-state index contributed by atoms with van der Waals surface area (Å²) >= 11 is 9.15. The number of ether oxygens (including phenoxy) is 1. The quantitative estimate of drug-likeness (QED) is 0.568. The molecule has 1 unspecified atom stereocenters. The fourth-order valence-corrected chi connectivity index (χ4v) is 2.48. The number of nitrogens with one attached hydrogen (secondary N) is 1. The molecule has 24 heavy (non-hydrogen) atoms. The van der Waals surface area contributed by atoms with Gasteiger partial charge in [0.1, 0.15) is 5.75 Å². The monoisotopic (exact) mass is 412 g/mol. The number of nitrogens with zero attached hydrogens (tertiary/aromatic N) is 1. The summed E-state index contributed by atoms with van der Waals surface area (Å²) in [5.41, 5.74) is 1.20. The zero-order chi connectivity index (χ0) is 17.9. The number of hydrogen-bond donors (Lipinski definition) is 1. The van der Waals surface area contributed by atoms with E-state index in [1.165, 1.54) is 18.2 Å². The van der Waals surface area contributed by atoms with Crippen molar-refractivity contribution < 1.29 is 14.5 Å². The van der Waals surface area contributed by atoms with Crippen molar-refractivity contribution in [1.82, 2.24) is 0 Å². The zero-order valence-corrected chi connectivity index (χ0v) is 15.2. The van der Waals surface area contributed by atoms with Crippen molar-refractivity contribution in [2.45, 2.75) is 20.0 Å². The van der Waals surface area contributed by atoms with E-state index in [1.807, 2.05) is 6.92 Å². The van der Waals surface area contributed by atoms with Gasteiger partial charge in [0.15, 0.2) is 6.10 Å². The summed E-state index contributed by atoms with van der Waals surface area (Å²) in [6.07, 6.45) is -0.757. The van der Waals surface area contributed by atoms with Crippen molar-refractivity contribution >= 4 is 44.8 Å². The Hall–Kier alpha value is -2.12. The number of halogens is 2. The molecule has 0 fully saturated rings. The first-order chi connectivity index (χ1) is 11.3. The number of carbonyl (C=O) groups is 1. The molecule has 8 heteroatoms. The third-order valence-electron chi connectivity index (χ3n) is 3.23. The third kappa shape index (κ3) is 4.46. The molecule has 0 aliphatic rings. The van der Waals surface area contributed by atoms with E-state index in [4.69, 9.17) is 16.3 Å². The molecule has 0 aliphatic heterocycles. The summed E-state index contributed by atoms with van der Waals surface area (Å²) in [4.78, 5) is 22.4. The Morgan fingerprint density at radius 1 is 1.33 bits per heavy atom. The van der Waals surface area contributed by atoms with Crippen molar-refractivity contribution in [3.05, 3.63) is 61.6 Å². The van der Waals surface area contributed by atoms with Crippen molar-refractivity contribution in [1.29, 1.82) is 0 Å². The lowest BCUT2D eigenvalue weighted by Gasteiger charge is -2.16. The highest BCUT2D eigenvalue weighted by Gasteiger charge is 2.17. The molecular formula is C16H14BrClN2O4. The van der Waals surface area contributed by atoms with Crippen LogP contribution in [0.15, 0.2) is 40.9 Å². The number of anilines is 1. The van der Waals surface area contributed by atoms with Crippen LogP contribution in [0.2, 0.25) is 5.02 Å². The number of aryl methyl sites for hydroxylation is 1. The first kappa shape index (κ1) is 18.2. The molecule has 2 aromatic carbocycles. The van der Waals surface area contributed by atoms with Gasteiger partial charge in [-0.15, -0.1) is 0 Å². The third-order valence-corrected chi connectivity index (χ3v) is 4.31. The molecule has 0 bridgehead atoms. The van der Waals surface area contributed by atoms with Crippen LogP contribution in [0, 0.1) is 17.0 Å². The van der Waals surface area contributed by atoms with E-state index in [-0.39, 0.29) is 11.6 Å². The molecule has 6 nitrogen and oxygen atoms in total. The molecule has 0 aliphatic carbocycles. The van der Waals surface area contributed by atoms with Crippen molar-refractivity contribution in [3.8, 4) is 5.75 Å². The molecule has 1 N–H and O–H groups in total. The van der Waals surface area contributed by atoms with E-state index in [1.54, 1.807) is 25.1 Å². The predicted molar refractivity (Wildman–Crippen MR) is 95.7 cm³/mol. The molecule has 0 heterocycles. The molecule has 0 saturated heterocycles. The van der Waals surface area contributed by atoms with Gasteiger partial charge >= 0.3 is 0 Å². The zero-order valence-electron chi connectivity index (χ0n) is 12.9. The molecule has 0 saturated carbocycles. The largest absolute Gasteiger partial charge is 0.481 e. The molecule has 126 valence electrons. The Morgan fingerprint density at radius 3 is 2.62 bits per heavy atom. The highest BCUT2D eigenvalue weighted by atomic mass is 79.9. The molecule has 2 aromatic rings. The van der Waals surface area contributed by atoms with Crippen LogP contribution in [0.4, 0.5) is 11.4 Å². The smallest absolute Gasteiger partial charge is 0.270 e. The van der Waals surface area contributed by atoms with Gasteiger partial charge in [0.05, 0.1) is 10.6 Å². The maximum atomic E-state index is 12.2. The van der Waals surface area contributed by atoms with Crippen LogP contribution < -0.4 is 10.1 Å². The van der Waals surface area contributed by atoms with Gasteiger partial charge in [-0.25, -0.2) is 0 Å². The van der Waals surface area contributed by atoms with Crippen LogP contribution in [0.3, 0.4) is 0 Å². The minimum absolute atomic E-state index is 0.0687. The second-order valence-corrected chi connectivity index (χ2v) is 6.34. The highest BCUT2D eigenvalue weighted by Crippen LogP contribution is 2.27. The Bertz CT molecular complexity index is 798. The fraction of sp³-hybridized carbons (Fsp3) is 0.188. The number of rotatable bonds is 5. The van der Waals surface area contributed by atoms with Gasteiger partial charge in [-0.05, 0) is 59.6 Å². The lowest BCUT2D eigenvalue weighted by molar-refractivity contribution is -0.384. The lowest BCUT2D eigenvalue weighted by Crippen LogP contribution is -2.30. The maximum Gasteiger partial charge on any atom is 0.270 e. The summed E-state index contributed by atoms with van der Waals surface area (Å²) in [6, 6.07) is 9.22. The molecule has 2 rings (SSSR count). The van der Waals surface area contributed by atoms with E-state index in [2.05, 4.69) is 21.2 Å². The van der Waals surface area contributed by atoms with Gasteiger partial charge in [0.25, 0.3) is 11.6 Å². The molecule has 1 amide bonds. The normalized spacial score (nSPS) is 11.7. The van der Waals surface area contributed by atoms with Gasteiger partial charge in [0, 0.05) is 21.6 Å². The average molecular weight is 414 g/mol. The second kappa shape index (κ2) is 7.63. The van der Waals surface area contributed by atoms with Gasteiger partial charge < -0.3 is 10.1 Å². The first-order valence-corrected chi connectivity index (χ1v) is 8.12. The van der Waals surface area contributed by atoms with E-state index in [9.17, 15) is 14.9 Å². The average Bonchev–Trinajstić information content (AvgIpc) is 2.52. The molecular weight excluding hydrogens is 400 g/mol. The number of amides is 1. The summed E-state index contributed by atoms with van der Waals surface area (Å²) in [6.45, 7) is 3.45. The summed E-state index contributed by atoms with van der Waals surface area (Å²) in [7, 11) is 0. The van der Waals surface area contributed by atoms with Gasteiger partial charge in [-0.2, -0.15) is 0 Å². The fourth-order valence-electron chi connectivity index (χ4n) is 1.90. The second-order valence-electron chi connectivity index (χ2n) is 5.08. The Morgan fingerprint density at radius 2 is 2.04 bits per heavy atom. The van der Waals surface area contributed by atoms with E-state index in [0.717, 1.165) is 5.56 Å². The number of nitro groups is 1. The SMILES string of the molecule is Cc1cc(OC(C)C(=O)Nc2ccc([N+](=O)[O-])cc2Br)ccc1Cl. The Kier molecular flexibility index (Phi) is 5.80. The minimum Gasteiger partial charge on any atom is -0.481 e. The molecule has 1 atom stereocenters. The molecule has 0 aromatic heterocycles. The minimum atomic E-state index is -0.757. The summed E-state index contributed by atoms with van der Waals surface area (Å²) in [5.74, 6) is 0.152. The van der Waals surface area contributed by atoms with Crippen molar-refractivity contribution in [2.24, 2.45) is 0 Å². The van der Waals surface area contributed by atoms with E-state index < -0.39 is 11.0 Å². The first-order valence-electron chi connectivity index (χ1n) is 6.95. The van der Waals surface area contributed by atoms with Gasteiger partial charge in [-0.1, -0.05) is 11.6 Å². The number of non-ortho nitro benzene ring substituents is 1. The van der Waals surface area contributed by atoms with Crippen molar-refractivity contribution in [3.63, 3.8) is 0 Å². The summed E-state index contributed by atoms with van der Waals surface area (Å²) < 4.78 is 6.01. The highest BCUT2D eigenvalue weighted by molar-refractivity contribution is 9.10.